The first-order valence-electron chi connectivity index (χ1n) is 19.4. The molecule has 3 aliphatic heterocycles. The van der Waals surface area contributed by atoms with Crippen molar-refractivity contribution in [2.24, 2.45) is 0 Å². The van der Waals surface area contributed by atoms with Crippen LogP contribution in [0.3, 0.4) is 0 Å². The molecule has 2 aromatic carbocycles. The molecule has 3 aliphatic rings. The molecule has 2 saturated heterocycles. The van der Waals surface area contributed by atoms with Crippen molar-refractivity contribution < 1.29 is 42.4 Å². The van der Waals surface area contributed by atoms with Crippen LogP contribution >= 0.6 is 11.6 Å². The van der Waals surface area contributed by atoms with Gasteiger partial charge >= 0.3 is 6.18 Å². The van der Waals surface area contributed by atoms with Crippen LogP contribution in [0.25, 0.3) is 17.2 Å². The molecule has 15 nitrogen and oxygen atoms in total. The number of aliphatic hydroxyl groups is 2. The third-order valence-corrected chi connectivity index (χ3v) is 11.7. The van der Waals surface area contributed by atoms with Gasteiger partial charge in [-0.25, -0.2) is 9.37 Å². The normalized spacial score (nSPS) is 19.2. The van der Waals surface area contributed by atoms with E-state index in [1.165, 1.54) is 23.2 Å². The number of anilines is 2. The molecule has 8 rings (SSSR count). The molecule has 6 heterocycles. The van der Waals surface area contributed by atoms with E-state index in [1.54, 1.807) is 11.5 Å². The van der Waals surface area contributed by atoms with Crippen LogP contribution in [-0.2, 0) is 23.1 Å². The van der Waals surface area contributed by atoms with Crippen LogP contribution in [0.2, 0.25) is 5.02 Å². The molecule has 0 aliphatic carbocycles. The van der Waals surface area contributed by atoms with Gasteiger partial charge in [0.25, 0.3) is 11.5 Å². The third kappa shape index (κ3) is 7.87. The standard InChI is InChI=1S/C40H42ClF4N9O6/c1-23-34-32(39(60-23)10-13-52(14-11-39)37(59)33-30(56)3-2-12-46-33)36(58)54-38(53(34)21-31(57)47-29-9-6-25(19-28(29)41)40(43,44)45)48-35(49-54)24-4-7-27(8-5-24)51-17-15-50(16-18-51)20-26(42)22-55/h2-9,12,19,23,26,31,47,55-57H,10-11,13-18,20-22H2,1H3/t23-,26?,31?/m1/s1. The summed E-state index contributed by atoms with van der Waals surface area (Å²) in [6.45, 7) is 4.05. The molecule has 2 fully saturated rings. The van der Waals surface area contributed by atoms with E-state index in [9.17, 15) is 37.4 Å². The quantitative estimate of drug-likeness (QED) is 0.115. The number of nitrogens with zero attached hydrogens (tertiary/aromatic N) is 8. The van der Waals surface area contributed by atoms with Crippen LogP contribution in [0.5, 0.6) is 5.75 Å². The van der Waals surface area contributed by atoms with E-state index in [4.69, 9.17) is 26.4 Å². The number of pyridine rings is 1. The van der Waals surface area contributed by atoms with Gasteiger partial charge in [0.1, 0.15) is 23.8 Å². The Morgan fingerprint density at radius 1 is 1.05 bits per heavy atom. The van der Waals surface area contributed by atoms with Crippen LogP contribution in [0.15, 0.2) is 65.6 Å². The molecule has 1 spiro atoms. The maximum atomic E-state index is 14.6. The number of hydrogen-bond acceptors (Lipinski definition) is 12. The topological polar surface area (TPSA) is 174 Å². The minimum Gasteiger partial charge on any atom is -0.505 e. The van der Waals surface area contributed by atoms with Crippen molar-refractivity contribution in [3.8, 4) is 17.1 Å². The number of alkyl halides is 4. The summed E-state index contributed by atoms with van der Waals surface area (Å²) in [5.41, 5.74) is -0.458. The average Bonchev–Trinajstić information content (AvgIpc) is 3.80. The number of benzene rings is 2. The number of aromatic hydroxyl groups is 1. The molecule has 0 radical (unpaired) electrons. The van der Waals surface area contributed by atoms with E-state index in [0.717, 1.165) is 28.4 Å². The van der Waals surface area contributed by atoms with Crippen molar-refractivity contribution in [2.45, 2.75) is 56.6 Å². The van der Waals surface area contributed by atoms with Gasteiger partial charge in [0.15, 0.2) is 11.5 Å². The van der Waals surface area contributed by atoms with Crippen LogP contribution in [0, 0.1) is 0 Å². The Balaban J connectivity index is 1.12. The van der Waals surface area contributed by atoms with E-state index in [-0.39, 0.29) is 78.3 Å². The molecule has 60 heavy (non-hydrogen) atoms. The van der Waals surface area contributed by atoms with Gasteiger partial charge in [-0.2, -0.15) is 22.7 Å². The lowest BCUT2D eigenvalue weighted by Gasteiger charge is -2.39. The van der Waals surface area contributed by atoms with E-state index < -0.39 is 53.9 Å². The summed E-state index contributed by atoms with van der Waals surface area (Å²) in [6, 6.07) is 13.1. The first-order valence-corrected chi connectivity index (χ1v) is 19.8. The highest BCUT2D eigenvalue weighted by Crippen LogP contribution is 2.48. The number of hydrogen-bond donors (Lipinski definition) is 4. The number of likely N-dealkylation sites (tertiary alicyclic amines) is 1. The number of fused-ring (bicyclic) bond motifs is 3. The number of carbonyl (C=O) groups is 1. The van der Waals surface area contributed by atoms with E-state index in [1.807, 2.05) is 29.2 Å². The lowest BCUT2D eigenvalue weighted by atomic mass is 9.85. The van der Waals surface area contributed by atoms with Gasteiger partial charge in [0.2, 0.25) is 5.78 Å². The molecule has 1 amide bonds. The molecule has 4 N–H and O–H groups in total. The summed E-state index contributed by atoms with van der Waals surface area (Å²) >= 11 is 6.22. The van der Waals surface area contributed by atoms with Crippen molar-refractivity contribution in [1.29, 1.82) is 0 Å². The molecule has 0 saturated carbocycles. The number of halogens is 5. The van der Waals surface area contributed by atoms with Crippen molar-refractivity contribution >= 4 is 34.7 Å². The Bertz CT molecular complexity index is 2450. The van der Waals surface area contributed by atoms with Crippen molar-refractivity contribution in [3.63, 3.8) is 0 Å². The van der Waals surface area contributed by atoms with Gasteiger partial charge in [-0.1, -0.05) is 11.6 Å². The number of aliphatic hydroxyl groups excluding tert-OH is 2. The summed E-state index contributed by atoms with van der Waals surface area (Å²) in [7, 11) is 0. The number of carbonyl (C=O) groups excluding carboxylic acids is 1. The molecule has 0 bridgehead atoms. The number of rotatable bonds is 10. The molecular formula is C40H42ClF4N9O6. The first kappa shape index (κ1) is 41.4. The number of ether oxygens (including phenoxy) is 1. The van der Waals surface area contributed by atoms with Crippen LogP contribution < -0.4 is 15.8 Å². The Hall–Kier alpha value is -5.34. The second-order valence-electron chi connectivity index (χ2n) is 15.2. The molecule has 3 atom stereocenters. The van der Waals surface area contributed by atoms with Crippen LogP contribution in [0.4, 0.5) is 28.9 Å². The Morgan fingerprint density at radius 3 is 2.42 bits per heavy atom. The number of amides is 1. The largest absolute Gasteiger partial charge is 0.505 e. The molecular weight excluding hydrogens is 814 g/mol. The maximum Gasteiger partial charge on any atom is 0.416 e. The van der Waals surface area contributed by atoms with Crippen LogP contribution in [0.1, 0.15) is 53.2 Å². The lowest BCUT2D eigenvalue weighted by Crippen LogP contribution is -2.48. The molecule has 318 valence electrons. The highest BCUT2D eigenvalue weighted by Gasteiger charge is 2.50. The minimum atomic E-state index is -4.62. The number of piperazine rings is 1. The molecule has 20 heteroatoms. The zero-order valence-corrected chi connectivity index (χ0v) is 33.1. The predicted octanol–water partition coefficient (Wildman–Crippen LogP) is 4.44. The van der Waals surface area contributed by atoms with E-state index in [2.05, 4.69) is 20.3 Å². The predicted molar refractivity (Wildman–Crippen MR) is 212 cm³/mol. The molecule has 2 unspecified atom stereocenters. The minimum absolute atomic E-state index is 0.0445. The van der Waals surface area contributed by atoms with Gasteiger partial charge in [0, 0.05) is 63.3 Å². The summed E-state index contributed by atoms with van der Waals surface area (Å²) < 4.78 is 63.2. The van der Waals surface area contributed by atoms with Gasteiger partial charge < -0.3 is 39.7 Å². The Kier molecular flexibility index (Phi) is 11.2. The maximum absolute atomic E-state index is 14.6. The van der Waals surface area contributed by atoms with Gasteiger partial charge in [-0.05, 0) is 74.4 Å². The van der Waals surface area contributed by atoms with Crippen molar-refractivity contribution in [3.05, 3.63) is 98.7 Å². The van der Waals surface area contributed by atoms with Gasteiger partial charge in [0.05, 0.1) is 46.8 Å². The Labute approximate surface area is 345 Å². The SMILES string of the molecule is C[C@H]1OC2(CCN(C(=O)c3ncccc3O)CC2)c2c1n(CC(O)Nc1ccc(C(F)(F)F)cc1Cl)c1nc(-c3ccc(N4CCN(CC(F)CO)CC4)cc3)nn1c2=O. The summed E-state index contributed by atoms with van der Waals surface area (Å²) in [5.74, 6) is -0.435. The second kappa shape index (κ2) is 16.3. The number of piperidine rings is 1. The van der Waals surface area contributed by atoms with E-state index >= 15 is 0 Å². The number of aromatic nitrogens is 5. The van der Waals surface area contributed by atoms with Crippen molar-refractivity contribution in [1.82, 2.24) is 33.9 Å². The Morgan fingerprint density at radius 2 is 1.77 bits per heavy atom. The summed E-state index contributed by atoms with van der Waals surface area (Å²) in [6.07, 6.45) is -6.25. The fraction of sp³-hybridized carbons (Fsp3) is 0.425. The van der Waals surface area contributed by atoms with Gasteiger partial charge in [-0.15, -0.1) is 5.10 Å². The lowest BCUT2D eigenvalue weighted by molar-refractivity contribution is -0.137. The zero-order valence-electron chi connectivity index (χ0n) is 32.3. The first-order chi connectivity index (χ1) is 28.7. The van der Waals surface area contributed by atoms with E-state index in [0.29, 0.717) is 37.4 Å². The molecule has 5 aromatic rings. The fourth-order valence-corrected chi connectivity index (χ4v) is 8.62. The smallest absolute Gasteiger partial charge is 0.416 e. The summed E-state index contributed by atoms with van der Waals surface area (Å²) in [5, 5.41) is 38.0. The molecule has 3 aromatic heterocycles. The van der Waals surface area contributed by atoms with Crippen molar-refractivity contribution in [2.75, 3.05) is 62.6 Å². The highest BCUT2D eigenvalue weighted by molar-refractivity contribution is 6.33. The average molecular weight is 856 g/mol. The third-order valence-electron chi connectivity index (χ3n) is 11.4. The number of nitrogens with one attached hydrogen (secondary N) is 1. The monoisotopic (exact) mass is 855 g/mol. The van der Waals surface area contributed by atoms with Crippen LogP contribution in [-0.4, -0.2) is 120 Å². The zero-order chi connectivity index (χ0) is 42.5. The second-order valence-corrected chi connectivity index (χ2v) is 15.6. The highest BCUT2D eigenvalue weighted by atomic mass is 35.5. The fourth-order valence-electron chi connectivity index (χ4n) is 8.38. The van der Waals surface area contributed by atoms with Gasteiger partial charge in [-0.3, -0.25) is 14.5 Å². The summed E-state index contributed by atoms with van der Waals surface area (Å²) in [4.78, 5) is 42.5.